The second-order valence-corrected chi connectivity index (χ2v) is 4.06. The summed E-state index contributed by atoms with van der Waals surface area (Å²) in [6.07, 6.45) is 0.847. The summed E-state index contributed by atoms with van der Waals surface area (Å²) in [7, 11) is 1.46. The Hall–Kier alpha value is -1.91. The quantitative estimate of drug-likeness (QED) is 0.817. The lowest BCUT2D eigenvalue weighted by molar-refractivity contribution is 0.141. The van der Waals surface area contributed by atoms with E-state index in [0.717, 1.165) is 18.4 Å². The van der Waals surface area contributed by atoms with Gasteiger partial charge >= 0.3 is 6.09 Å². The predicted octanol–water partition coefficient (Wildman–Crippen LogP) is 2.68. The maximum absolute atomic E-state index is 11.1. The molecule has 0 heterocycles. The second-order valence-electron chi connectivity index (χ2n) is 4.06. The van der Waals surface area contributed by atoms with Gasteiger partial charge in [0.2, 0.25) is 0 Å². The van der Waals surface area contributed by atoms with Crippen molar-refractivity contribution >= 4 is 6.09 Å². The molecular formula is C13H19NO4. The summed E-state index contributed by atoms with van der Waals surface area (Å²) >= 11 is 0. The Bertz CT molecular complexity index is 406. The molecule has 18 heavy (non-hydrogen) atoms. The van der Waals surface area contributed by atoms with Gasteiger partial charge in [-0.25, -0.2) is 4.79 Å². The van der Waals surface area contributed by atoms with E-state index in [1.165, 1.54) is 18.1 Å². The van der Waals surface area contributed by atoms with Crippen LogP contribution in [0.3, 0.4) is 0 Å². The molecular weight excluding hydrogens is 234 g/mol. The van der Waals surface area contributed by atoms with Gasteiger partial charge < -0.3 is 19.8 Å². The molecule has 0 bridgehead atoms. The molecule has 0 saturated carbocycles. The number of phenols is 1. The van der Waals surface area contributed by atoms with E-state index < -0.39 is 6.09 Å². The molecule has 1 aromatic carbocycles. The average molecular weight is 253 g/mol. The van der Waals surface area contributed by atoms with Crippen LogP contribution in [0, 0.1) is 0 Å². The molecule has 0 aliphatic heterocycles. The number of benzene rings is 1. The second kappa shape index (κ2) is 6.74. The number of unbranched alkanes of at least 4 members (excludes halogenated alkanes) is 1. The molecule has 0 radical (unpaired) electrons. The number of ether oxygens (including phenoxy) is 1. The van der Waals surface area contributed by atoms with Crippen molar-refractivity contribution in [2.45, 2.75) is 26.3 Å². The van der Waals surface area contributed by atoms with Crippen molar-refractivity contribution < 1.29 is 19.7 Å². The number of hydrogen-bond acceptors (Lipinski definition) is 3. The molecule has 0 aliphatic carbocycles. The third kappa shape index (κ3) is 3.84. The lowest BCUT2D eigenvalue weighted by atomic mass is 10.2. The molecule has 1 amide bonds. The molecule has 100 valence electrons. The maximum atomic E-state index is 11.1. The SMILES string of the molecule is CCCCN(Cc1ccc(O)c(OC)c1)C(=O)O. The van der Waals surface area contributed by atoms with Crippen molar-refractivity contribution in [1.82, 2.24) is 4.90 Å². The summed E-state index contributed by atoms with van der Waals surface area (Å²) in [5, 5.41) is 18.6. The third-order valence-corrected chi connectivity index (χ3v) is 2.67. The van der Waals surface area contributed by atoms with Gasteiger partial charge in [-0.05, 0) is 24.1 Å². The highest BCUT2D eigenvalue weighted by Gasteiger charge is 2.12. The molecule has 0 fully saturated rings. The molecule has 0 aromatic heterocycles. The monoisotopic (exact) mass is 253 g/mol. The Labute approximate surface area is 107 Å². The van der Waals surface area contributed by atoms with Gasteiger partial charge in [-0.2, -0.15) is 0 Å². The number of rotatable bonds is 6. The molecule has 0 atom stereocenters. The summed E-state index contributed by atoms with van der Waals surface area (Å²) < 4.78 is 4.99. The first-order valence-corrected chi connectivity index (χ1v) is 5.92. The lowest BCUT2D eigenvalue weighted by Crippen LogP contribution is -2.29. The zero-order chi connectivity index (χ0) is 13.5. The van der Waals surface area contributed by atoms with Crippen LogP contribution in [-0.2, 0) is 6.54 Å². The molecule has 2 N–H and O–H groups in total. The number of methoxy groups -OCH3 is 1. The smallest absolute Gasteiger partial charge is 0.407 e. The molecule has 0 unspecified atom stereocenters. The third-order valence-electron chi connectivity index (χ3n) is 2.67. The highest BCUT2D eigenvalue weighted by molar-refractivity contribution is 5.65. The van der Waals surface area contributed by atoms with Crippen LogP contribution < -0.4 is 4.74 Å². The highest BCUT2D eigenvalue weighted by atomic mass is 16.5. The van der Waals surface area contributed by atoms with Crippen LogP contribution >= 0.6 is 0 Å². The average Bonchev–Trinajstić information content (AvgIpc) is 2.36. The summed E-state index contributed by atoms with van der Waals surface area (Å²) in [5.41, 5.74) is 0.795. The maximum Gasteiger partial charge on any atom is 0.407 e. The molecule has 0 saturated heterocycles. The van der Waals surface area contributed by atoms with Gasteiger partial charge in [0.25, 0.3) is 0 Å². The summed E-state index contributed by atoms with van der Waals surface area (Å²) in [5.74, 6) is 0.407. The standard InChI is InChI=1S/C13H19NO4/c1-3-4-7-14(13(16)17)9-10-5-6-11(15)12(8-10)18-2/h5-6,8,15H,3-4,7,9H2,1-2H3,(H,16,17). The predicted molar refractivity (Wildman–Crippen MR) is 68.0 cm³/mol. The van der Waals surface area contributed by atoms with Crippen molar-refractivity contribution in [3.63, 3.8) is 0 Å². The molecule has 5 heteroatoms. The van der Waals surface area contributed by atoms with E-state index in [1.807, 2.05) is 6.92 Å². The van der Waals surface area contributed by atoms with E-state index in [2.05, 4.69) is 0 Å². The van der Waals surface area contributed by atoms with Gasteiger partial charge in [-0.15, -0.1) is 0 Å². The largest absolute Gasteiger partial charge is 0.504 e. The van der Waals surface area contributed by atoms with Crippen LogP contribution in [0.4, 0.5) is 4.79 Å². The first kappa shape index (κ1) is 14.2. The molecule has 0 spiro atoms. The van der Waals surface area contributed by atoms with E-state index >= 15 is 0 Å². The first-order chi connectivity index (χ1) is 8.58. The highest BCUT2D eigenvalue weighted by Crippen LogP contribution is 2.26. The van der Waals surface area contributed by atoms with Gasteiger partial charge in [0.05, 0.1) is 7.11 Å². The van der Waals surface area contributed by atoms with Crippen molar-refractivity contribution in [3.8, 4) is 11.5 Å². The minimum atomic E-state index is -0.935. The van der Waals surface area contributed by atoms with Crippen LogP contribution in [0.5, 0.6) is 11.5 Å². The number of nitrogens with zero attached hydrogens (tertiary/aromatic N) is 1. The Morgan fingerprint density at radius 1 is 1.44 bits per heavy atom. The molecule has 0 aliphatic rings. The number of aromatic hydroxyl groups is 1. The Morgan fingerprint density at radius 2 is 2.17 bits per heavy atom. The summed E-state index contributed by atoms with van der Waals surface area (Å²) in [6, 6.07) is 4.85. The minimum absolute atomic E-state index is 0.0525. The van der Waals surface area contributed by atoms with Crippen LogP contribution in [0.25, 0.3) is 0 Å². The number of carbonyl (C=O) groups is 1. The van der Waals surface area contributed by atoms with Crippen molar-refractivity contribution in [1.29, 1.82) is 0 Å². The summed E-state index contributed by atoms with van der Waals surface area (Å²) in [4.78, 5) is 12.4. The minimum Gasteiger partial charge on any atom is -0.504 e. The normalized spacial score (nSPS) is 10.1. The van der Waals surface area contributed by atoms with Gasteiger partial charge in [0.15, 0.2) is 11.5 Å². The van der Waals surface area contributed by atoms with E-state index in [9.17, 15) is 9.90 Å². The molecule has 1 aromatic rings. The summed E-state index contributed by atoms with van der Waals surface area (Å²) in [6.45, 7) is 2.82. The van der Waals surface area contributed by atoms with Crippen LogP contribution in [-0.4, -0.2) is 34.9 Å². The molecule has 5 nitrogen and oxygen atoms in total. The van der Waals surface area contributed by atoms with Crippen LogP contribution in [0.1, 0.15) is 25.3 Å². The Kier molecular flexibility index (Phi) is 5.30. The van der Waals surface area contributed by atoms with Crippen LogP contribution in [0.2, 0.25) is 0 Å². The van der Waals surface area contributed by atoms with Crippen molar-refractivity contribution in [2.75, 3.05) is 13.7 Å². The van der Waals surface area contributed by atoms with Gasteiger partial charge in [0.1, 0.15) is 0 Å². The van der Waals surface area contributed by atoms with E-state index in [4.69, 9.17) is 9.84 Å². The number of amides is 1. The Balaban J connectivity index is 2.77. The van der Waals surface area contributed by atoms with Gasteiger partial charge in [0, 0.05) is 13.1 Å². The van der Waals surface area contributed by atoms with Crippen molar-refractivity contribution in [3.05, 3.63) is 23.8 Å². The lowest BCUT2D eigenvalue weighted by Gasteiger charge is -2.19. The van der Waals surface area contributed by atoms with E-state index in [1.54, 1.807) is 12.1 Å². The number of carboxylic acid groups (broad SMARTS) is 1. The van der Waals surface area contributed by atoms with E-state index in [0.29, 0.717) is 18.8 Å². The van der Waals surface area contributed by atoms with Crippen molar-refractivity contribution in [2.24, 2.45) is 0 Å². The first-order valence-electron chi connectivity index (χ1n) is 5.92. The number of phenolic OH excluding ortho intramolecular Hbond substituents is 1. The molecule has 1 rings (SSSR count). The topological polar surface area (TPSA) is 70.0 Å². The van der Waals surface area contributed by atoms with Crippen LogP contribution in [0.15, 0.2) is 18.2 Å². The van der Waals surface area contributed by atoms with Gasteiger partial charge in [-0.1, -0.05) is 19.4 Å². The zero-order valence-corrected chi connectivity index (χ0v) is 10.7. The number of hydrogen-bond donors (Lipinski definition) is 2. The fourth-order valence-electron chi connectivity index (χ4n) is 1.63. The Morgan fingerprint density at radius 3 is 2.72 bits per heavy atom. The van der Waals surface area contributed by atoms with E-state index in [-0.39, 0.29) is 5.75 Å². The van der Waals surface area contributed by atoms with Gasteiger partial charge in [-0.3, -0.25) is 0 Å². The zero-order valence-electron chi connectivity index (χ0n) is 10.7. The fraction of sp³-hybridized carbons (Fsp3) is 0.462. The fourth-order valence-corrected chi connectivity index (χ4v) is 1.63.